The summed E-state index contributed by atoms with van der Waals surface area (Å²) in [6.07, 6.45) is 0. The van der Waals surface area contributed by atoms with E-state index in [2.05, 4.69) is 15.0 Å². The van der Waals surface area contributed by atoms with Gasteiger partial charge in [-0.05, 0) is 0 Å². The molecule has 0 saturated heterocycles. The van der Waals surface area contributed by atoms with Crippen LogP contribution in [0, 0.1) is 0 Å². The zero-order chi connectivity index (χ0) is 11.6. The number of nitrogens with zero attached hydrogens (tertiary/aromatic N) is 4. The summed E-state index contributed by atoms with van der Waals surface area (Å²) >= 11 is 0. The molecule has 15 heavy (non-hydrogen) atoms. The molecule has 1 rings (SSSR count). The predicted octanol–water partition coefficient (Wildman–Crippen LogP) is -1.25. The van der Waals surface area contributed by atoms with E-state index in [1.807, 2.05) is 0 Å². The minimum Gasteiger partial charge on any atom is -0.351 e. The normalized spacial score (nSPS) is 9.80. The molecule has 0 bridgehead atoms. The molecule has 0 saturated carbocycles. The molecule has 8 nitrogen and oxygen atoms in total. The first-order valence-corrected chi connectivity index (χ1v) is 4.10. The van der Waals surface area contributed by atoms with Crippen molar-refractivity contribution in [3.63, 3.8) is 0 Å². The monoisotopic (exact) mass is 212 g/mol. The quantitative estimate of drug-likeness (QED) is 0.636. The number of nitrogens with one attached hydrogen (secondary N) is 1. The van der Waals surface area contributed by atoms with Crippen LogP contribution in [0.5, 0.6) is 0 Å². The lowest BCUT2D eigenvalue weighted by molar-refractivity contribution is 0.255. The number of urea groups is 1. The van der Waals surface area contributed by atoms with Crippen molar-refractivity contribution in [1.29, 1.82) is 0 Å². The Morgan fingerprint density at radius 1 is 1.33 bits per heavy atom. The number of amides is 2. The summed E-state index contributed by atoms with van der Waals surface area (Å²) in [4.78, 5) is 34.4. The average Bonchev–Trinajstić information content (AvgIpc) is 2.15. The highest BCUT2D eigenvalue weighted by atomic mass is 16.2. The molecule has 0 radical (unpaired) electrons. The van der Waals surface area contributed by atoms with Crippen molar-refractivity contribution in [2.45, 2.75) is 0 Å². The molecular weight excluding hydrogens is 200 g/mol. The third-order valence-electron chi connectivity index (χ3n) is 1.67. The van der Waals surface area contributed by atoms with Gasteiger partial charge in [-0.3, -0.25) is 9.88 Å². The van der Waals surface area contributed by atoms with Crippen molar-refractivity contribution in [3.8, 4) is 0 Å². The maximum atomic E-state index is 11.1. The lowest BCUT2D eigenvalue weighted by Crippen LogP contribution is -2.35. The van der Waals surface area contributed by atoms with E-state index >= 15 is 0 Å². The molecule has 82 valence electrons. The van der Waals surface area contributed by atoms with Crippen LogP contribution in [0.1, 0.15) is 0 Å². The lowest BCUT2D eigenvalue weighted by Gasteiger charge is -2.15. The maximum absolute atomic E-state index is 11.1. The Morgan fingerprint density at radius 2 is 1.93 bits per heavy atom. The van der Waals surface area contributed by atoms with Crippen molar-refractivity contribution in [2.75, 3.05) is 30.9 Å². The fraction of sp³-hybridized carbons (Fsp3) is 0.429. The summed E-state index contributed by atoms with van der Waals surface area (Å²) in [6.45, 7) is 0. The number of carbonyl (C=O) groups is 1. The smallest absolute Gasteiger partial charge is 0.351 e. The molecule has 1 heterocycles. The summed E-state index contributed by atoms with van der Waals surface area (Å²) in [6, 6.07) is -0.714. The van der Waals surface area contributed by atoms with E-state index in [1.165, 1.54) is 7.05 Å². The van der Waals surface area contributed by atoms with Gasteiger partial charge in [-0.1, -0.05) is 0 Å². The fourth-order valence-corrected chi connectivity index (χ4v) is 0.825. The number of H-pyrrole nitrogens is 1. The molecule has 0 unspecified atom stereocenters. The van der Waals surface area contributed by atoms with E-state index in [0.717, 1.165) is 4.90 Å². The van der Waals surface area contributed by atoms with E-state index in [9.17, 15) is 9.59 Å². The second-order valence-corrected chi connectivity index (χ2v) is 3.07. The SMILES string of the molecule is CN(C)c1nc(N(C)C(N)=O)[nH]c(=O)n1. The van der Waals surface area contributed by atoms with Gasteiger partial charge in [-0.15, -0.1) is 0 Å². The number of aromatic amines is 1. The third-order valence-corrected chi connectivity index (χ3v) is 1.67. The van der Waals surface area contributed by atoms with Crippen LogP contribution >= 0.6 is 0 Å². The van der Waals surface area contributed by atoms with E-state index in [1.54, 1.807) is 19.0 Å². The van der Waals surface area contributed by atoms with Gasteiger partial charge in [0.2, 0.25) is 11.9 Å². The van der Waals surface area contributed by atoms with Gasteiger partial charge < -0.3 is 10.6 Å². The van der Waals surface area contributed by atoms with E-state index in [0.29, 0.717) is 0 Å². The maximum Gasteiger partial charge on any atom is 0.351 e. The Hall–Kier alpha value is -2.12. The molecule has 3 N–H and O–H groups in total. The van der Waals surface area contributed by atoms with Crippen LogP contribution in [-0.4, -0.2) is 42.1 Å². The third kappa shape index (κ3) is 2.42. The van der Waals surface area contributed by atoms with Crippen molar-refractivity contribution >= 4 is 17.9 Å². The lowest BCUT2D eigenvalue weighted by atomic mass is 10.7. The van der Waals surface area contributed by atoms with Crippen LogP contribution in [0.15, 0.2) is 4.79 Å². The second-order valence-electron chi connectivity index (χ2n) is 3.07. The van der Waals surface area contributed by atoms with Crippen LogP contribution in [0.4, 0.5) is 16.7 Å². The Balaban J connectivity index is 3.20. The zero-order valence-electron chi connectivity index (χ0n) is 8.68. The summed E-state index contributed by atoms with van der Waals surface area (Å²) in [5.74, 6) is 0.271. The standard InChI is InChI=1S/C7H12N6O2/c1-12(2)5-9-6(11-7(15)10-5)13(3)4(8)14/h1-3H3,(H2,8,14)(H,9,10,11,15). The first-order chi connectivity index (χ1) is 6.91. The van der Waals surface area contributed by atoms with Crippen molar-refractivity contribution < 1.29 is 4.79 Å². The highest BCUT2D eigenvalue weighted by Crippen LogP contribution is 2.05. The highest BCUT2D eigenvalue weighted by Gasteiger charge is 2.11. The number of nitrogens with two attached hydrogens (primary N) is 1. The topological polar surface area (TPSA) is 108 Å². The highest BCUT2D eigenvalue weighted by molar-refractivity contribution is 5.87. The molecule has 0 aliphatic carbocycles. The average molecular weight is 212 g/mol. The Labute approximate surface area is 85.7 Å². The number of rotatable bonds is 2. The van der Waals surface area contributed by atoms with Crippen LogP contribution in [0.3, 0.4) is 0 Å². The van der Waals surface area contributed by atoms with Gasteiger partial charge in [0.25, 0.3) is 0 Å². The number of hydrogen-bond acceptors (Lipinski definition) is 5. The van der Waals surface area contributed by atoms with Gasteiger partial charge in [-0.2, -0.15) is 9.97 Å². The number of aromatic nitrogens is 3. The summed E-state index contributed by atoms with van der Waals surface area (Å²) < 4.78 is 0. The first kappa shape index (κ1) is 11.0. The fourth-order valence-electron chi connectivity index (χ4n) is 0.825. The van der Waals surface area contributed by atoms with Crippen LogP contribution in [0.2, 0.25) is 0 Å². The summed E-state index contributed by atoms with van der Waals surface area (Å²) in [7, 11) is 4.77. The molecule has 1 aromatic heterocycles. The van der Waals surface area contributed by atoms with Gasteiger partial charge in [0.15, 0.2) is 0 Å². The molecular formula is C7H12N6O2. The van der Waals surface area contributed by atoms with E-state index in [4.69, 9.17) is 5.73 Å². The number of anilines is 2. The second kappa shape index (κ2) is 3.95. The molecule has 0 aromatic carbocycles. The Kier molecular flexibility index (Phi) is 2.88. The molecule has 0 aliphatic rings. The summed E-state index contributed by atoms with van der Waals surface area (Å²) in [5.41, 5.74) is 4.45. The van der Waals surface area contributed by atoms with Gasteiger partial charge in [0.05, 0.1) is 0 Å². The molecule has 8 heteroatoms. The summed E-state index contributed by atoms with van der Waals surface area (Å²) in [5, 5.41) is 0. The molecule has 0 fully saturated rings. The van der Waals surface area contributed by atoms with Crippen molar-refractivity contribution in [1.82, 2.24) is 15.0 Å². The van der Waals surface area contributed by atoms with Crippen LogP contribution in [0.25, 0.3) is 0 Å². The first-order valence-electron chi connectivity index (χ1n) is 4.10. The zero-order valence-corrected chi connectivity index (χ0v) is 8.68. The molecule has 0 atom stereocenters. The van der Waals surface area contributed by atoms with E-state index in [-0.39, 0.29) is 11.9 Å². The number of hydrogen-bond donors (Lipinski definition) is 2. The molecule has 0 aliphatic heterocycles. The predicted molar refractivity (Wildman–Crippen MR) is 55.0 cm³/mol. The number of primary amides is 1. The van der Waals surface area contributed by atoms with Crippen LogP contribution in [-0.2, 0) is 0 Å². The minimum atomic E-state index is -0.714. The molecule has 0 spiro atoms. The molecule has 1 aromatic rings. The molecule has 2 amide bonds. The van der Waals surface area contributed by atoms with Gasteiger partial charge in [0.1, 0.15) is 0 Å². The van der Waals surface area contributed by atoms with Crippen molar-refractivity contribution in [2.24, 2.45) is 5.73 Å². The van der Waals surface area contributed by atoms with Gasteiger partial charge in [-0.25, -0.2) is 9.59 Å². The Morgan fingerprint density at radius 3 is 2.40 bits per heavy atom. The van der Waals surface area contributed by atoms with E-state index < -0.39 is 11.7 Å². The van der Waals surface area contributed by atoms with Crippen LogP contribution < -0.4 is 21.2 Å². The van der Waals surface area contributed by atoms with Gasteiger partial charge in [0, 0.05) is 21.1 Å². The van der Waals surface area contributed by atoms with Gasteiger partial charge >= 0.3 is 11.7 Å². The Bertz CT molecular complexity index is 426. The van der Waals surface area contributed by atoms with Crippen molar-refractivity contribution in [3.05, 3.63) is 10.5 Å². The number of carbonyl (C=O) groups excluding carboxylic acids is 1. The largest absolute Gasteiger partial charge is 0.351 e. The minimum absolute atomic E-state index is 0.0613.